The van der Waals surface area contributed by atoms with Crippen LogP contribution in [0, 0.1) is 0 Å². The predicted molar refractivity (Wildman–Crippen MR) is 159 cm³/mol. The number of carbonyl (C=O) groups excluding carboxylic acids is 1. The summed E-state index contributed by atoms with van der Waals surface area (Å²) >= 11 is 6.33. The van der Waals surface area contributed by atoms with Gasteiger partial charge in [0.05, 0.1) is 41.9 Å². The van der Waals surface area contributed by atoms with Crippen LogP contribution in [0.2, 0.25) is 5.02 Å². The van der Waals surface area contributed by atoms with Gasteiger partial charge < -0.3 is 24.1 Å². The zero-order valence-electron chi connectivity index (χ0n) is 23.4. The molecule has 0 saturated carbocycles. The molecular formula is C30H32ClN5O5. The van der Waals surface area contributed by atoms with Crippen molar-refractivity contribution in [3.63, 3.8) is 0 Å². The van der Waals surface area contributed by atoms with Crippen molar-refractivity contribution in [3.05, 3.63) is 87.9 Å². The summed E-state index contributed by atoms with van der Waals surface area (Å²) in [7, 11) is 5.11. The van der Waals surface area contributed by atoms with Gasteiger partial charge in [-0.05, 0) is 50.4 Å². The molecule has 0 spiro atoms. The Kier molecular flexibility index (Phi) is 8.32. The number of hydrogen-bond donors (Lipinski definition) is 0. The number of hydrogen-bond acceptors (Lipinski definition) is 8. The number of amides is 1. The molecule has 10 nitrogen and oxygen atoms in total. The lowest BCUT2D eigenvalue weighted by Crippen LogP contribution is -2.55. The van der Waals surface area contributed by atoms with Crippen molar-refractivity contribution in [1.82, 2.24) is 14.6 Å². The minimum absolute atomic E-state index is 0.201. The molecule has 1 atom stereocenters. The second-order valence-electron chi connectivity index (χ2n) is 9.74. The molecule has 1 unspecified atom stereocenters. The molecule has 0 radical (unpaired) electrons. The number of carbonyl (C=O) groups is 1. The van der Waals surface area contributed by atoms with Gasteiger partial charge in [-0.15, -0.1) is 0 Å². The van der Waals surface area contributed by atoms with E-state index < -0.39 is 12.1 Å². The van der Waals surface area contributed by atoms with E-state index in [1.807, 2.05) is 24.2 Å². The predicted octanol–water partition coefficient (Wildman–Crippen LogP) is 4.72. The Hall–Kier alpha value is -4.28. The quantitative estimate of drug-likeness (QED) is 0.312. The Morgan fingerprint density at radius 3 is 2.37 bits per heavy atom. The first kappa shape index (κ1) is 28.3. The molecule has 0 N–H and O–H groups in total. The molecule has 214 valence electrons. The molecule has 4 aromatic rings. The lowest BCUT2D eigenvalue weighted by molar-refractivity contribution is 0.204. The number of ether oxygens (including phenoxy) is 3. The van der Waals surface area contributed by atoms with Crippen LogP contribution in [-0.2, 0) is 0 Å². The van der Waals surface area contributed by atoms with Crippen molar-refractivity contribution < 1.29 is 19.0 Å². The number of aromatic nitrogens is 2. The molecule has 11 heteroatoms. The summed E-state index contributed by atoms with van der Waals surface area (Å²) in [6.07, 6.45) is -0.721. The highest BCUT2D eigenvalue weighted by Crippen LogP contribution is 2.38. The second kappa shape index (κ2) is 12.1. The van der Waals surface area contributed by atoms with E-state index in [0.717, 1.165) is 13.1 Å². The van der Waals surface area contributed by atoms with Crippen LogP contribution in [0.25, 0.3) is 10.9 Å². The summed E-state index contributed by atoms with van der Waals surface area (Å²) in [6.45, 7) is 4.59. The average Bonchev–Trinajstić information content (AvgIpc) is 2.99. The van der Waals surface area contributed by atoms with Crippen LogP contribution in [0.4, 0.5) is 10.5 Å². The Labute approximate surface area is 243 Å². The number of anilines is 1. The van der Waals surface area contributed by atoms with Gasteiger partial charge in [-0.1, -0.05) is 35.9 Å². The fourth-order valence-corrected chi connectivity index (χ4v) is 5.09. The molecular weight excluding hydrogens is 546 g/mol. The first-order chi connectivity index (χ1) is 19.8. The topological polar surface area (TPSA) is 89.4 Å². The number of benzene rings is 3. The fourth-order valence-electron chi connectivity index (χ4n) is 4.92. The third-order valence-corrected chi connectivity index (χ3v) is 7.49. The normalized spacial score (nSPS) is 14.5. The van der Waals surface area contributed by atoms with E-state index in [0.29, 0.717) is 47.0 Å². The third-order valence-electron chi connectivity index (χ3n) is 7.18. The van der Waals surface area contributed by atoms with Crippen molar-refractivity contribution in [2.24, 2.45) is 0 Å². The molecule has 2 heterocycles. The molecule has 1 aliphatic heterocycles. The Morgan fingerprint density at radius 1 is 0.951 bits per heavy atom. The molecule has 0 aliphatic carbocycles. The van der Waals surface area contributed by atoms with Gasteiger partial charge in [-0.2, -0.15) is 0 Å². The molecule has 3 aromatic carbocycles. The van der Waals surface area contributed by atoms with E-state index in [2.05, 4.69) is 4.90 Å². The number of rotatable bonds is 7. The van der Waals surface area contributed by atoms with Crippen LogP contribution in [0.5, 0.6) is 17.2 Å². The lowest BCUT2D eigenvalue weighted by atomic mass is 10.1. The number of likely N-dealkylation sites (N-methyl/N-ethyl adjacent to an activating group) is 1. The fraction of sp³-hybridized carbons (Fsp3) is 0.300. The van der Waals surface area contributed by atoms with Gasteiger partial charge in [-0.25, -0.2) is 14.5 Å². The van der Waals surface area contributed by atoms with Crippen molar-refractivity contribution in [3.8, 4) is 17.2 Å². The Balaban J connectivity index is 1.69. The van der Waals surface area contributed by atoms with Crippen molar-refractivity contribution in [1.29, 1.82) is 0 Å². The highest BCUT2D eigenvalue weighted by atomic mass is 35.5. The zero-order chi connectivity index (χ0) is 29.1. The van der Waals surface area contributed by atoms with Crippen LogP contribution in [0.1, 0.15) is 18.8 Å². The van der Waals surface area contributed by atoms with Gasteiger partial charge in [0.2, 0.25) is 0 Å². The zero-order valence-corrected chi connectivity index (χ0v) is 24.2. The summed E-state index contributed by atoms with van der Waals surface area (Å²) in [5, 5.41) is 2.76. The van der Waals surface area contributed by atoms with Crippen LogP contribution in [0.3, 0.4) is 0 Å². The maximum atomic E-state index is 14.0. The first-order valence-corrected chi connectivity index (χ1v) is 13.6. The molecule has 0 bridgehead atoms. The molecule has 1 saturated heterocycles. The summed E-state index contributed by atoms with van der Waals surface area (Å²) < 4.78 is 18.5. The van der Waals surface area contributed by atoms with Gasteiger partial charge in [0.15, 0.2) is 11.6 Å². The van der Waals surface area contributed by atoms with Gasteiger partial charge in [0, 0.05) is 32.2 Å². The van der Waals surface area contributed by atoms with Crippen molar-refractivity contribution >= 4 is 34.3 Å². The minimum Gasteiger partial charge on any atom is -0.497 e. The highest BCUT2D eigenvalue weighted by Gasteiger charge is 2.33. The van der Waals surface area contributed by atoms with E-state index in [-0.39, 0.29) is 16.3 Å². The smallest absolute Gasteiger partial charge is 0.420 e. The molecule has 41 heavy (non-hydrogen) atoms. The molecule has 1 amide bonds. The third kappa shape index (κ3) is 5.66. The largest absolute Gasteiger partial charge is 0.497 e. The monoisotopic (exact) mass is 577 g/mol. The SMILES string of the molecule is COc1ccc(N(C(=O)Oc2ccccc2Cl)C(C)c2nc3ccccc3c(=O)n2N2CCN(C)CC2)c(OC)c1. The Bertz CT molecular complexity index is 1620. The number of para-hydroxylation sites is 2. The van der Waals surface area contributed by atoms with Gasteiger partial charge in [0.25, 0.3) is 5.56 Å². The maximum Gasteiger partial charge on any atom is 0.420 e. The molecule has 1 aliphatic rings. The number of halogens is 1. The van der Waals surface area contributed by atoms with Crippen molar-refractivity contribution in [2.45, 2.75) is 13.0 Å². The van der Waals surface area contributed by atoms with E-state index >= 15 is 0 Å². The van der Waals surface area contributed by atoms with E-state index in [4.69, 9.17) is 30.8 Å². The molecule has 5 rings (SSSR count). The second-order valence-corrected chi connectivity index (χ2v) is 10.2. The number of methoxy groups -OCH3 is 2. The minimum atomic E-state index is -0.774. The average molecular weight is 578 g/mol. The van der Waals surface area contributed by atoms with E-state index in [1.165, 1.54) is 12.0 Å². The maximum absolute atomic E-state index is 14.0. The van der Waals surface area contributed by atoms with E-state index in [1.54, 1.807) is 73.3 Å². The summed E-state index contributed by atoms with van der Waals surface area (Å²) in [5.41, 5.74) is 0.735. The van der Waals surface area contributed by atoms with Crippen LogP contribution in [-0.4, -0.2) is 68.1 Å². The number of fused-ring (bicyclic) bond motifs is 1. The van der Waals surface area contributed by atoms with Gasteiger partial charge in [0.1, 0.15) is 11.5 Å². The number of piperazine rings is 1. The summed E-state index contributed by atoms with van der Waals surface area (Å²) in [4.78, 5) is 36.5. The van der Waals surface area contributed by atoms with Crippen LogP contribution < -0.4 is 29.7 Å². The summed E-state index contributed by atoms with van der Waals surface area (Å²) in [6, 6.07) is 18.3. The van der Waals surface area contributed by atoms with Gasteiger partial charge in [-0.3, -0.25) is 9.69 Å². The summed E-state index contributed by atoms with van der Waals surface area (Å²) in [5.74, 6) is 1.51. The highest BCUT2D eigenvalue weighted by molar-refractivity contribution is 6.32. The number of nitrogens with zero attached hydrogens (tertiary/aromatic N) is 5. The van der Waals surface area contributed by atoms with Crippen molar-refractivity contribution in [2.75, 3.05) is 57.4 Å². The molecule has 1 aromatic heterocycles. The van der Waals surface area contributed by atoms with Gasteiger partial charge >= 0.3 is 6.09 Å². The standard InChI is InChI=1S/C30H32ClN5O5/c1-20(28-32-24-11-7-5-9-22(24)29(37)36(28)34-17-15-33(2)16-18-34)35(25-14-13-21(39-3)19-27(25)40-4)30(38)41-26-12-8-6-10-23(26)31/h5-14,19-20H,15-18H2,1-4H3. The Morgan fingerprint density at radius 2 is 1.66 bits per heavy atom. The first-order valence-electron chi connectivity index (χ1n) is 13.3. The molecule has 1 fully saturated rings. The van der Waals surface area contributed by atoms with Crippen LogP contribution >= 0.6 is 11.6 Å². The van der Waals surface area contributed by atoms with E-state index in [9.17, 15) is 9.59 Å². The lowest BCUT2D eigenvalue weighted by Gasteiger charge is -2.38. The van der Waals surface area contributed by atoms with Crippen LogP contribution in [0.15, 0.2) is 71.5 Å².